The third kappa shape index (κ3) is 8.23. The predicted molar refractivity (Wildman–Crippen MR) is 216 cm³/mol. The van der Waals surface area contributed by atoms with Crippen LogP contribution in [0, 0.1) is 11.8 Å². The maximum Gasteiger partial charge on any atom is 0.408 e. The van der Waals surface area contributed by atoms with E-state index in [1.807, 2.05) is 44.9 Å². The highest BCUT2D eigenvalue weighted by molar-refractivity contribution is 5.92. The first-order valence-corrected chi connectivity index (χ1v) is 19.6. The number of alkyl carbamates (subject to hydrolysis) is 2. The second-order valence-corrected chi connectivity index (χ2v) is 15.5. The number of hydrogen-bond donors (Lipinski definition) is 5. The summed E-state index contributed by atoms with van der Waals surface area (Å²) in [6, 6.07) is 17.4. The minimum Gasteiger partial charge on any atom is -0.453 e. The Hall–Kier alpha value is -6.12. The van der Waals surface area contributed by atoms with E-state index in [9.17, 15) is 19.2 Å². The van der Waals surface area contributed by atoms with Crippen LogP contribution in [0.15, 0.2) is 60.8 Å². The Morgan fingerprint density at radius 3 is 2.02 bits per heavy atom. The highest BCUT2D eigenvalue weighted by Crippen LogP contribution is 2.35. The van der Waals surface area contributed by atoms with E-state index in [1.165, 1.54) is 14.2 Å². The molecule has 57 heavy (non-hydrogen) atoms. The fraction of sp³-hybridized carbons (Fsp3) is 0.429. The molecule has 7 rings (SSSR count). The standard InChI is InChI=1S/C42H51N9O6/c1-23(2)35(47-41(54)56-5)39(52)50-17-7-9-33(50)37-43-22-32(46-37)29-14-13-25-19-26(11-12-27(25)20-29)28-15-16-30-31(21-28)45-38(44-30)34-10-8-18-51(34)40(53)48-36(24(3)4)49-42(55)57-6/h11-16,19-24,33-36H,7-10,17-18H2,1-6H3,(H,43,46)(H,44,45)(H,47,54)(H,48,53)(H,49,55)/t33-,34-,35-,36-/m0/s1. The molecule has 0 radical (unpaired) electrons. The van der Waals surface area contributed by atoms with Gasteiger partial charge in [-0.1, -0.05) is 58.0 Å². The number of carbonyl (C=O) groups is 4. The minimum atomic E-state index is -0.692. The van der Waals surface area contributed by atoms with Gasteiger partial charge in [0.15, 0.2) is 0 Å². The number of aromatic amines is 2. The smallest absolute Gasteiger partial charge is 0.408 e. The lowest BCUT2D eigenvalue weighted by molar-refractivity contribution is -0.135. The minimum absolute atomic E-state index is 0.0444. The van der Waals surface area contributed by atoms with Gasteiger partial charge in [0.25, 0.3) is 0 Å². The quantitative estimate of drug-likeness (QED) is 0.0938. The van der Waals surface area contributed by atoms with Crippen molar-refractivity contribution in [1.29, 1.82) is 0 Å². The summed E-state index contributed by atoms with van der Waals surface area (Å²) in [4.78, 5) is 70.9. The molecule has 0 spiro atoms. The molecule has 15 nitrogen and oxygen atoms in total. The summed E-state index contributed by atoms with van der Waals surface area (Å²) in [5.41, 5.74) is 5.64. The number of fused-ring (bicyclic) bond motifs is 2. The average Bonchev–Trinajstić information content (AvgIpc) is 4.04. The first-order chi connectivity index (χ1) is 27.4. The van der Waals surface area contributed by atoms with Gasteiger partial charge in [0.1, 0.15) is 23.9 Å². The van der Waals surface area contributed by atoms with E-state index in [1.54, 1.807) is 4.90 Å². The zero-order valence-electron chi connectivity index (χ0n) is 33.2. The summed E-state index contributed by atoms with van der Waals surface area (Å²) in [6.07, 6.45) is 3.25. The number of hydrogen-bond acceptors (Lipinski definition) is 8. The Balaban J connectivity index is 1.05. The topological polar surface area (TPSA) is 187 Å². The van der Waals surface area contributed by atoms with E-state index in [0.717, 1.165) is 81.5 Å². The zero-order valence-corrected chi connectivity index (χ0v) is 33.2. The van der Waals surface area contributed by atoms with Crippen LogP contribution < -0.4 is 16.0 Å². The number of nitrogens with zero attached hydrogens (tertiary/aromatic N) is 4. The van der Waals surface area contributed by atoms with Gasteiger partial charge in [-0.3, -0.25) is 4.79 Å². The molecule has 0 saturated carbocycles. The molecule has 5 N–H and O–H groups in total. The van der Waals surface area contributed by atoms with Gasteiger partial charge in [0, 0.05) is 18.7 Å². The zero-order chi connectivity index (χ0) is 40.4. The van der Waals surface area contributed by atoms with Crippen LogP contribution in [0.1, 0.15) is 77.1 Å². The molecule has 3 aromatic carbocycles. The highest BCUT2D eigenvalue weighted by Gasteiger charge is 2.38. The van der Waals surface area contributed by atoms with Crippen molar-refractivity contribution in [3.05, 3.63) is 72.4 Å². The molecule has 2 aromatic heterocycles. The van der Waals surface area contributed by atoms with Gasteiger partial charge in [-0.2, -0.15) is 0 Å². The molecule has 15 heteroatoms. The number of amides is 5. The molecule has 5 amide bonds. The van der Waals surface area contributed by atoms with E-state index in [-0.39, 0.29) is 35.9 Å². The predicted octanol–water partition coefficient (Wildman–Crippen LogP) is 7.00. The number of aromatic nitrogens is 4. The number of carbonyl (C=O) groups excluding carboxylic acids is 4. The first-order valence-electron chi connectivity index (χ1n) is 19.6. The summed E-state index contributed by atoms with van der Waals surface area (Å²) in [6.45, 7) is 8.81. The van der Waals surface area contributed by atoms with Crippen molar-refractivity contribution in [2.24, 2.45) is 11.8 Å². The molecule has 4 heterocycles. The second-order valence-electron chi connectivity index (χ2n) is 15.5. The van der Waals surface area contributed by atoms with Gasteiger partial charge >= 0.3 is 18.2 Å². The summed E-state index contributed by atoms with van der Waals surface area (Å²) >= 11 is 0. The third-order valence-electron chi connectivity index (χ3n) is 11.1. The number of methoxy groups -OCH3 is 2. The molecule has 0 bridgehead atoms. The number of urea groups is 1. The van der Waals surface area contributed by atoms with E-state index in [2.05, 4.69) is 74.4 Å². The molecule has 5 aromatic rings. The van der Waals surface area contributed by atoms with Crippen molar-refractivity contribution >= 4 is 45.9 Å². The van der Waals surface area contributed by atoms with E-state index in [4.69, 9.17) is 19.4 Å². The molecule has 2 aliphatic rings. The number of H-pyrrole nitrogens is 2. The van der Waals surface area contributed by atoms with E-state index < -0.39 is 24.4 Å². The van der Waals surface area contributed by atoms with Gasteiger partial charge in [0.05, 0.1) is 49.2 Å². The fourth-order valence-electron chi connectivity index (χ4n) is 7.87. The summed E-state index contributed by atoms with van der Waals surface area (Å²) in [7, 11) is 2.58. The molecule has 4 atom stereocenters. The lowest BCUT2D eigenvalue weighted by Crippen LogP contribution is -2.54. The molecular weight excluding hydrogens is 727 g/mol. The van der Waals surface area contributed by atoms with Crippen molar-refractivity contribution in [2.75, 3.05) is 27.3 Å². The molecule has 2 saturated heterocycles. The lowest BCUT2D eigenvalue weighted by Gasteiger charge is -2.30. The summed E-state index contributed by atoms with van der Waals surface area (Å²) < 4.78 is 9.50. The van der Waals surface area contributed by atoms with Crippen LogP contribution in [0.25, 0.3) is 44.2 Å². The number of rotatable bonds is 10. The highest BCUT2D eigenvalue weighted by atomic mass is 16.5. The van der Waals surface area contributed by atoms with Crippen LogP contribution in [-0.4, -0.2) is 93.4 Å². The molecule has 2 fully saturated rings. The fourth-order valence-corrected chi connectivity index (χ4v) is 7.87. The molecule has 300 valence electrons. The largest absolute Gasteiger partial charge is 0.453 e. The SMILES string of the molecule is COC(=O)N[C@H](NC(=O)N1CCC[C@H]1c1nc2ccc(-c3ccc4cc(-c5cnc([C@@H]6CCCN6C(=O)[C@@H](NC(=O)OC)C(C)C)[nH]5)ccc4c3)cc2[nH]1)C(C)C. The first kappa shape index (κ1) is 39.1. The van der Waals surface area contributed by atoms with Gasteiger partial charge in [-0.05, 0) is 83.7 Å². The van der Waals surface area contributed by atoms with E-state index >= 15 is 0 Å². The Morgan fingerprint density at radius 2 is 1.33 bits per heavy atom. The Bertz CT molecular complexity index is 2280. The van der Waals surface area contributed by atoms with Crippen LogP contribution in [0.5, 0.6) is 0 Å². The Morgan fingerprint density at radius 1 is 0.719 bits per heavy atom. The van der Waals surface area contributed by atoms with Crippen molar-refractivity contribution in [1.82, 2.24) is 45.7 Å². The number of benzene rings is 3. The molecule has 2 aliphatic heterocycles. The number of ether oxygens (including phenoxy) is 2. The Kier molecular flexibility index (Phi) is 11.4. The molecule has 0 aliphatic carbocycles. The van der Waals surface area contributed by atoms with Crippen LogP contribution in [0.3, 0.4) is 0 Å². The third-order valence-corrected chi connectivity index (χ3v) is 11.1. The van der Waals surface area contributed by atoms with Crippen LogP contribution >= 0.6 is 0 Å². The normalized spacial score (nSPS) is 18.0. The number of nitrogens with one attached hydrogen (secondary N) is 5. The summed E-state index contributed by atoms with van der Waals surface area (Å²) in [5.74, 6) is 1.16. The molecule has 0 unspecified atom stereocenters. The van der Waals surface area contributed by atoms with Crippen molar-refractivity contribution < 1.29 is 28.7 Å². The second kappa shape index (κ2) is 16.5. The maximum atomic E-state index is 13.6. The van der Waals surface area contributed by atoms with E-state index in [0.29, 0.717) is 13.1 Å². The Labute approximate surface area is 331 Å². The summed E-state index contributed by atoms with van der Waals surface area (Å²) in [5, 5.41) is 10.5. The van der Waals surface area contributed by atoms with Crippen LogP contribution in [0.4, 0.5) is 14.4 Å². The average molecular weight is 778 g/mol. The lowest BCUT2D eigenvalue weighted by atomic mass is 9.99. The van der Waals surface area contributed by atoms with Gasteiger partial charge < -0.3 is 45.2 Å². The maximum absolute atomic E-state index is 13.6. The van der Waals surface area contributed by atoms with Gasteiger partial charge in [0.2, 0.25) is 5.91 Å². The van der Waals surface area contributed by atoms with Crippen LogP contribution in [0.2, 0.25) is 0 Å². The number of imidazole rings is 2. The number of likely N-dealkylation sites (tertiary alicyclic amines) is 2. The van der Waals surface area contributed by atoms with Gasteiger partial charge in [-0.25, -0.2) is 24.4 Å². The van der Waals surface area contributed by atoms with Gasteiger partial charge in [-0.15, -0.1) is 0 Å². The van der Waals surface area contributed by atoms with Crippen molar-refractivity contribution in [3.8, 4) is 22.4 Å². The van der Waals surface area contributed by atoms with Crippen molar-refractivity contribution in [2.45, 2.75) is 77.7 Å². The molecular formula is C42H51N9O6. The monoisotopic (exact) mass is 777 g/mol. The van der Waals surface area contributed by atoms with Crippen molar-refractivity contribution in [3.63, 3.8) is 0 Å². The van der Waals surface area contributed by atoms with Crippen LogP contribution in [-0.2, 0) is 14.3 Å².